The molecule has 0 fully saturated rings. The molecule has 6 nitrogen and oxygen atoms in total. The molecule has 128 valence electrons. The summed E-state index contributed by atoms with van der Waals surface area (Å²) in [4.78, 5) is 26.8. The summed E-state index contributed by atoms with van der Waals surface area (Å²) in [6.45, 7) is 0.143. The van der Waals surface area contributed by atoms with Crippen molar-refractivity contribution in [2.45, 2.75) is 12.6 Å². The van der Waals surface area contributed by atoms with Gasteiger partial charge >= 0.3 is 5.97 Å². The average Bonchev–Trinajstić information content (AvgIpc) is 3.12. The van der Waals surface area contributed by atoms with Gasteiger partial charge in [-0.1, -0.05) is 24.3 Å². The molecule has 2 N–H and O–H groups in total. The number of methoxy groups -OCH3 is 2. The van der Waals surface area contributed by atoms with Gasteiger partial charge in [-0.3, -0.25) is 9.59 Å². The van der Waals surface area contributed by atoms with E-state index in [2.05, 4.69) is 4.74 Å². The molecule has 1 atom stereocenters. The van der Waals surface area contributed by atoms with Crippen LogP contribution in [0.4, 0.5) is 0 Å². The van der Waals surface area contributed by atoms with Gasteiger partial charge in [0.05, 0.1) is 20.8 Å². The largest absolute Gasteiger partial charge is 0.496 e. The first-order chi connectivity index (χ1) is 11.6. The van der Waals surface area contributed by atoms with Crippen LogP contribution in [0.3, 0.4) is 0 Å². The smallest absolute Gasteiger partial charge is 0.325 e. The van der Waals surface area contributed by atoms with E-state index in [0.717, 1.165) is 4.88 Å². The van der Waals surface area contributed by atoms with Crippen molar-refractivity contribution in [1.29, 1.82) is 0 Å². The molecule has 2 rings (SSSR count). The highest BCUT2D eigenvalue weighted by atomic mass is 32.1. The summed E-state index contributed by atoms with van der Waals surface area (Å²) in [6.07, 6.45) is 0. The standard InChI is InChI=1S/C17H20N2O4S/c1-22-14-8-4-3-7-13(14)16(18)17(21)19(11-15(20)23-2)10-12-6-5-9-24-12/h3-9,16H,10-11,18H2,1-2H3/t16-/m1/s1. The number of esters is 1. The molecule has 0 aliphatic heterocycles. The average molecular weight is 348 g/mol. The lowest BCUT2D eigenvalue weighted by Crippen LogP contribution is -2.41. The Bertz CT molecular complexity index is 688. The third-order valence-corrected chi connectivity index (χ3v) is 4.39. The predicted molar refractivity (Wildman–Crippen MR) is 91.7 cm³/mol. The summed E-state index contributed by atoms with van der Waals surface area (Å²) >= 11 is 1.51. The fourth-order valence-electron chi connectivity index (χ4n) is 2.28. The van der Waals surface area contributed by atoms with E-state index in [1.54, 1.807) is 24.3 Å². The summed E-state index contributed by atoms with van der Waals surface area (Å²) in [5, 5.41) is 1.91. The number of para-hydroxylation sites is 1. The Hall–Kier alpha value is -2.38. The zero-order valence-electron chi connectivity index (χ0n) is 13.6. The molecule has 0 saturated carbocycles. The molecular weight excluding hydrogens is 328 g/mol. The second-order valence-corrected chi connectivity index (χ2v) is 6.10. The Kier molecular flexibility index (Phi) is 6.34. The highest BCUT2D eigenvalue weighted by Gasteiger charge is 2.27. The molecule has 7 heteroatoms. The van der Waals surface area contributed by atoms with Crippen LogP contribution in [0.1, 0.15) is 16.5 Å². The SMILES string of the molecule is COC(=O)CN(Cc1cccs1)C(=O)[C@H](N)c1ccccc1OC. The van der Waals surface area contributed by atoms with Gasteiger partial charge < -0.3 is 20.1 Å². The van der Waals surface area contributed by atoms with Gasteiger partial charge in [-0.25, -0.2) is 0 Å². The Morgan fingerprint density at radius 3 is 2.58 bits per heavy atom. The molecule has 0 radical (unpaired) electrons. The van der Waals surface area contributed by atoms with Crippen molar-refractivity contribution in [2.24, 2.45) is 5.73 Å². The minimum atomic E-state index is -0.925. The summed E-state index contributed by atoms with van der Waals surface area (Å²) in [5.74, 6) is -0.321. The van der Waals surface area contributed by atoms with Crippen molar-refractivity contribution in [2.75, 3.05) is 20.8 Å². The Morgan fingerprint density at radius 1 is 1.21 bits per heavy atom. The Balaban J connectivity index is 2.23. The Labute approximate surface area is 144 Å². The maximum Gasteiger partial charge on any atom is 0.325 e. The van der Waals surface area contributed by atoms with Gasteiger partial charge in [-0.2, -0.15) is 0 Å². The van der Waals surface area contributed by atoms with Crippen LogP contribution in [0.2, 0.25) is 0 Å². The molecule has 1 amide bonds. The van der Waals surface area contributed by atoms with Crippen molar-refractivity contribution >= 4 is 23.2 Å². The molecule has 0 aliphatic rings. The number of rotatable bonds is 7. The number of ether oxygens (including phenoxy) is 2. The molecule has 24 heavy (non-hydrogen) atoms. The number of amides is 1. The van der Waals surface area contributed by atoms with Crippen molar-refractivity contribution in [3.63, 3.8) is 0 Å². The van der Waals surface area contributed by atoms with Crippen LogP contribution < -0.4 is 10.5 Å². The highest BCUT2D eigenvalue weighted by Crippen LogP contribution is 2.25. The molecule has 0 unspecified atom stereocenters. The van der Waals surface area contributed by atoms with Gasteiger partial charge in [0.2, 0.25) is 5.91 Å². The van der Waals surface area contributed by atoms with Crippen molar-refractivity contribution < 1.29 is 19.1 Å². The van der Waals surface area contributed by atoms with E-state index < -0.39 is 12.0 Å². The number of nitrogens with zero attached hydrogens (tertiary/aromatic N) is 1. The third-order valence-electron chi connectivity index (χ3n) is 3.53. The molecule has 0 aliphatic carbocycles. The lowest BCUT2D eigenvalue weighted by molar-refractivity contribution is -0.147. The number of nitrogens with two attached hydrogens (primary N) is 1. The van der Waals surface area contributed by atoms with Gasteiger partial charge in [0.15, 0.2) is 0 Å². The van der Waals surface area contributed by atoms with Crippen LogP contribution in [-0.4, -0.2) is 37.5 Å². The number of carbonyl (C=O) groups excluding carboxylic acids is 2. The van der Waals surface area contributed by atoms with Gasteiger partial charge in [0.1, 0.15) is 18.3 Å². The van der Waals surface area contributed by atoms with Crippen molar-refractivity contribution in [3.05, 3.63) is 52.2 Å². The fraction of sp³-hybridized carbons (Fsp3) is 0.294. The minimum Gasteiger partial charge on any atom is -0.496 e. The fourth-order valence-corrected chi connectivity index (χ4v) is 3.00. The van der Waals surface area contributed by atoms with E-state index in [1.807, 2.05) is 17.5 Å². The van der Waals surface area contributed by atoms with Crippen LogP contribution in [0.25, 0.3) is 0 Å². The number of carbonyl (C=O) groups is 2. The van der Waals surface area contributed by atoms with Crippen LogP contribution in [0, 0.1) is 0 Å². The minimum absolute atomic E-state index is 0.157. The zero-order chi connectivity index (χ0) is 17.5. The van der Waals surface area contributed by atoms with E-state index in [0.29, 0.717) is 17.9 Å². The van der Waals surface area contributed by atoms with E-state index in [9.17, 15) is 9.59 Å². The first-order valence-electron chi connectivity index (χ1n) is 7.33. The summed E-state index contributed by atoms with van der Waals surface area (Å²) in [7, 11) is 2.81. The van der Waals surface area contributed by atoms with Crippen LogP contribution in [0.15, 0.2) is 41.8 Å². The van der Waals surface area contributed by atoms with E-state index in [4.69, 9.17) is 10.5 Å². The molecule has 0 bridgehead atoms. The maximum absolute atomic E-state index is 12.8. The first-order valence-corrected chi connectivity index (χ1v) is 8.21. The third kappa shape index (κ3) is 4.33. The molecule has 1 heterocycles. The summed E-state index contributed by atoms with van der Waals surface area (Å²) < 4.78 is 9.95. The molecule has 0 spiro atoms. The molecule has 0 saturated heterocycles. The highest BCUT2D eigenvalue weighted by molar-refractivity contribution is 7.09. The lowest BCUT2D eigenvalue weighted by atomic mass is 10.1. The predicted octanol–water partition coefficient (Wildman–Crippen LogP) is 1.96. The van der Waals surface area contributed by atoms with Crippen LogP contribution in [-0.2, 0) is 20.9 Å². The molecule has 1 aromatic carbocycles. The van der Waals surface area contributed by atoms with Crippen molar-refractivity contribution in [3.8, 4) is 5.75 Å². The van der Waals surface area contributed by atoms with E-state index in [1.165, 1.54) is 30.5 Å². The zero-order valence-corrected chi connectivity index (χ0v) is 14.4. The van der Waals surface area contributed by atoms with E-state index in [-0.39, 0.29) is 12.5 Å². The van der Waals surface area contributed by atoms with Gasteiger partial charge in [-0.05, 0) is 17.5 Å². The van der Waals surface area contributed by atoms with Crippen molar-refractivity contribution in [1.82, 2.24) is 4.90 Å². The number of thiophene rings is 1. The van der Waals surface area contributed by atoms with Crippen LogP contribution >= 0.6 is 11.3 Å². The topological polar surface area (TPSA) is 81.9 Å². The number of hydrogen-bond donors (Lipinski definition) is 1. The summed E-state index contributed by atoms with van der Waals surface area (Å²) in [5.41, 5.74) is 6.72. The number of benzene rings is 1. The maximum atomic E-state index is 12.8. The summed E-state index contributed by atoms with van der Waals surface area (Å²) in [6, 6.07) is 9.94. The molecule has 2 aromatic rings. The second-order valence-electron chi connectivity index (χ2n) is 5.07. The lowest BCUT2D eigenvalue weighted by Gasteiger charge is -2.25. The molecular formula is C17H20N2O4S. The Morgan fingerprint density at radius 2 is 1.96 bits per heavy atom. The van der Waals surface area contributed by atoms with Gasteiger partial charge in [-0.15, -0.1) is 11.3 Å². The monoisotopic (exact) mass is 348 g/mol. The van der Waals surface area contributed by atoms with Gasteiger partial charge in [0, 0.05) is 10.4 Å². The van der Waals surface area contributed by atoms with Crippen LogP contribution in [0.5, 0.6) is 5.75 Å². The first kappa shape index (κ1) is 18.0. The van der Waals surface area contributed by atoms with Gasteiger partial charge in [0.25, 0.3) is 0 Å². The van der Waals surface area contributed by atoms with E-state index >= 15 is 0 Å². The number of hydrogen-bond acceptors (Lipinski definition) is 6. The quantitative estimate of drug-likeness (QED) is 0.774. The normalized spacial score (nSPS) is 11.6. The molecule has 1 aromatic heterocycles. The second kappa shape index (κ2) is 8.47.